The zero-order valence-corrected chi connectivity index (χ0v) is 14.0. The van der Waals surface area contributed by atoms with E-state index >= 15 is 0 Å². The number of rotatable bonds is 9. The van der Waals surface area contributed by atoms with Crippen LogP contribution in [-0.2, 0) is 25.5 Å². The highest BCUT2D eigenvalue weighted by molar-refractivity contribution is 6.72. The maximum absolute atomic E-state index is 12.3. The Hall–Kier alpha value is -2.84. The number of aliphatic carboxylic acids is 1. The second-order valence-corrected chi connectivity index (χ2v) is 5.22. The van der Waals surface area contributed by atoms with E-state index in [-0.39, 0.29) is 6.42 Å². The number of benzene rings is 1. The molecular formula is C16H20BN2O6. The largest absolute Gasteiger partial charge is 0.481 e. The van der Waals surface area contributed by atoms with Gasteiger partial charge in [0.1, 0.15) is 12.1 Å². The summed E-state index contributed by atoms with van der Waals surface area (Å²) in [7, 11) is 2.36. The molecule has 1 rings (SSSR count). The maximum Gasteiger partial charge on any atom is 0.328 e. The van der Waals surface area contributed by atoms with Crippen LogP contribution in [0.2, 0.25) is 6.82 Å². The third-order valence-electron chi connectivity index (χ3n) is 3.36. The van der Waals surface area contributed by atoms with Gasteiger partial charge in [-0.25, -0.2) is 4.79 Å². The van der Waals surface area contributed by atoms with Crippen LogP contribution in [0.1, 0.15) is 12.0 Å². The van der Waals surface area contributed by atoms with Gasteiger partial charge in [-0.1, -0.05) is 37.2 Å². The van der Waals surface area contributed by atoms with Gasteiger partial charge in [0.2, 0.25) is 13.2 Å². The fourth-order valence-electron chi connectivity index (χ4n) is 2.10. The first-order chi connectivity index (χ1) is 11.9. The SMILES string of the molecule is C[B]C(=O)NC(CC(=O)O)C(=O)NC(Cc1ccccc1)C(=O)OC. The molecule has 2 unspecified atom stereocenters. The molecule has 0 heterocycles. The number of carbonyl (C=O) groups excluding carboxylic acids is 3. The van der Waals surface area contributed by atoms with Gasteiger partial charge in [-0.15, -0.1) is 0 Å². The summed E-state index contributed by atoms with van der Waals surface area (Å²) in [5.74, 6) is -3.28. The molecule has 25 heavy (non-hydrogen) atoms. The molecule has 2 amide bonds. The Labute approximate surface area is 146 Å². The van der Waals surface area contributed by atoms with Crippen molar-refractivity contribution in [2.45, 2.75) is 31.7 Å². The van der Waals surface area contributed by atoms with Crippen molar-refractivity contribution in [1.82, 2.24) is 10.6 Å². The van der Waals surface area contributed by atoms with Crippen LogP contribution < -0.4 is 10.6 Å². The van der Waals surface area contributed by atoms with Gasteiger partial charge in [-0.2, -0.15) is 0 Å². The van der Waals surface area contributed by atoms with Gasteiger partial charge in [-0.3, -0.25) is 14.4 Å². The molecule has 0 saturated heterocycles. The standard InChI is InChI=1S/C16H20BN2O6/c1-17-16(24)19-11(9-13(20)21)14(22)18-12(15(23)25-2)8-10-6-4-3-5-7-10/h3-7,11-12H,8-9H2,1-2H3,(H,18,22)(H,19,24)(H,20,21). The van der Waals surface area contributed by atoms with Gasteiger partial charge < -0.3 is 20.5 Å². The Kier molecular flexibility index (Phi) is 8.18. The molecule has 0 aromatic heterocycles. The van der Waals surface area contributed by atoms with E-state index in [9.17, 15) is 19.2 Å². The van der Waals surface area contributed by atoms with Crippen molar-refractivity contribution in [3.63, 3.8) is 0 Å². The molecule has 0 bridgehead atoms. The third-order valence-corrected chi connectivity index (χ3v) is 3.36. The number of hydrogen-bond acceptors (Lipinski definition) is 5. The molecule has 1 aromatic carbocycles. The molecule has 1 aromatic rings. The number of amides is 2. The van der Waals surface area contributed by atoms with E-state index < -0.39 is 42.2 Å². The highest BCUT2D eigenvalue weighted by Gasteiger charge is 2.28. The van der Waals surface area contributed by atoms with Crippen LogP contribution >= 0.6 is 0 Å². The van der Waals surface area contributed by atoms with E-state index in [1.165, 1.54) is 21.2 Å². The molecule has 0 saturated carbocycles. The lowest BCUT2D eigenvalue weighted by atomic mass is 9.81. The maximum atomic E-state index is 12.3. The van der Waals surface area contributed by atoms with Gasteiger partial charge >= 0.3 is 11.9 Å². The fourth-order valence-corrected chi connectivity index (χ4v) is 2.10. The van der Waals surface area contributed by atoms with E-state index in [0.29, 0.717) is 0 Å². The van der Waals surface area contributed by atoms with Crippen LogP contribution in [0.4, 0.5) is 4.79 Å². The van der Waals surface area contributed by atoms with Crippen molar-refractivity contribution in [1.29, 1.82) is 0 Å². The zero-order chi connectivity index (χ0) is 18.8. The summed E-state index contributed by atoms with van der Waals surface area (Å²) >= 11 is 0. The number of carboxylic acid groups (broad SMARTS) is 1. The number of methoxy groups -OCH3 is 1. The highest BCUT2D eigenvalue weighted by Crippen LogP contribution is 2.05. The van der Waals surface area contributed by atoms with E-state index in [4.69, 9.17) is 5.11 Å². The monoisotopic (exact) mass is 347 g/mol. The molecule has 0 aliphatic rings. The summed E-state index contributed by atoms with van der Waals surface area (Å²) in [4.78, 5) is 46.6. The molecule has 1 radical (unpaired) electrons. The summed E-state index contributed by atoms with van der Waals surface area (Å²) in [6.45, 7) is 1.46. The minimum Gasteiger partial charge on any atom is -0.481 e. The van der Waals surface area contributed by atoms with Crippen molar-refractivity contribution < 1.29 is 29.0 Å². The highest BCUT2D eigenvalue weighted by atomic mass is 16.5. The lowest BCUT2D eigenvalue weighted by molar-refractivity contribution is -0.145. The zero-order valence-electron chi connectivity index (χ0n) is 14.0. The molecule has 133 valence electrons. The first-order valence-electron chi connectivity index (χ1n) is 7.61. The van der Waals surface area contributed by atoms with Crippen LogP contribution in [0.5, 0.6) is 0 Å². The van der Waals surface area contributed by atoms with Gasteiger partial charge in [0.15, 0.2) is 5.81 Å². The molecular weight excluding hydrogens is 327 g/mol. The average molecular weight is 347 g/mol. The van der Waals surface area contributed by atoms with Crippen molar-refractivity contribution in [2.75, 3.05) is 7.11 Å². The molecule has 0 spiro atoms. The number of ether oxygens (including phenoxy) is 1. The first kappa shape index (κ1) is 20.2. The van der Waals surface area contributed by atoms with Crippen LogP contribution in [0.25, 0.3) is 0 Å². The van der Waals surface area contributed by atoms with Crippen molar-refractivity contribution >= 4 is 30.9 Å². The Morgan fingerprint density at radius 3 is 2.28 bits per heavy atom. The summed E-state index contributed by atoms with van der Waals surface area (Å²) in [6, 6.07) is 6.65. The fraction of sp³-hybridized carbons (Fsp3) is 0.375. The average Bonchev–Trinajstić information content (AvgIpc) is 2.60. The second kappa shape index (κ2) is 10.1. The summed E-state index contributed by atoms with van der Waals surface area (Å²) < 4.78 is 4.69. The van der Waals surface area contributed by atoms with Crippen molar-refractivity contribution in [3.8, 4) is 0 Å². The number of nitrogens with one attached hydrogen (secondary N) is 2. The Morgan fingerprint density at radius 2 is 1.76 bits per heavy atom. The molecule has 9 heteroatoms. The van der Waals surface area contributed by atoms with Crippen molar-refractivity contribution in [3.05, 3.63) is 35.9 Å². The lowest BCUT2D eigenvalue weighted by Crippen LogP contribution is -2.53. The smallest absolute Gasteiger partial charge is 0.328 e. The molecule has 0 aliphatic heterocycles. The quantitative estimate of drug-likeness (QED) is 0.433. The van der Waals surface area contributed by atoms with Crippen LogP contribution in [0.15, 0.2) is 30.3 Å². The topological polar surface area (TPSA) is 122 Å². The third kappa shape index (κ3) is 7.07. The van der Waals surface area contributed by atoms with Gasteiger partial charge in [0, 0.05) is 6.42 Å². The van der Waals surface area contributed by atoms with E-state index in [1.807, 2.05) is 6.07 Å². The van der Waals surface area contributed by atoms with Crippen LogP contribution in [0, 0.1) is 0 Å². The van der Waals surface area contributed by atoms with Gasteiger partial charge in [0.25, 0.3) is 0 Å². The summed E-state index contributed by atoms with van der Waals surface area (Å²) in [6.07, 6.45) is -0.433. The first-order valence-corrected chi connectivity index (χ1v) is 7.61. The van der Waals surface area contributed by atoms with Crippen LogP contribution in [-0.4, -0.2) is 55.2 Å². The van der Waals surface area contributed by atoms with Crippen molar-refractivity contribution in [2.24, 2.45) is 0 Å². The Bertz CT molecular complexity index is 622. The predicted molar refractivity (Wildman–Crippen MR) is 90.3 cm³/mol. The van der Waals surface area contributed by atoms with Gasteiger partial charge in [0.05, 0.1) is 13.5 Å². The minimum absolute atomic E-state index is 0.174. The normalized spacial score (nSPS) is 12.4. The van der Waals surface area contributed by atoms with E-state index in [0.717, 1.165) is 5.56 Å². The minimum atomic E-state index is -1.30. The summed E-state index contributed by atoms with van der Waals surface area (Å²) in [5.41, 5.74) is 0.791. The molecule has 0 aliphatic carbocycles. The Morgan fingerprint density at radius 1 is 1.12 bits per heavy atom. The number of carbonyl (C=O) groups is 4. The number of esters is 1. The van der Waals surface area contributed by atoms with E-state index in [1.54, 1.807) is 24.3 Å². The van der Waals surface area contributed by atoms with Crippen LogP contribution in [0.3, 0.4) is 0 Å². The number of carboxylic acids is 1. The van der Waals surface area contributed by atoms with Gasteiger partial charge in [-0.05, 0) is 5.56 Å². The molecule has 8 nitrogen and oxygen atoms in total. The molecule has 3 N–H and O–H groups in total. The lowest BCUT2D eigenvalue weighted by Gasteiger charge is -2.21. The summed E-state index contributed by atoms with van der Waals surface area (Å²) in [5, 5.41) is 13.6. The Balaban J connectivity index is 2.87. The van der Waals surface area contributed by atoms with E-state index in [2.05, 4.69) is 15.4 Å². The predicted octanol–water partition coefficient (Wildman–Crippen LogP) is 0.192. The molecule has 0 fully saturated rings. The second-order valence-electron chi connectivity index (χ2n) is 5.22. The number of hydrogen-bond donors (Lipinski definition) is 3. The molecule has 2 atom stereocenters.